The molecule has 1 aliphatic carbocycles. The van der Waals surface area contributed by atoms with Gasteiger partial charge in [-0.05, 0) is 31.2 Å². The minimum Gasteiger partial charge on any atom is -0.481 e. The number of rotatable bonds is 4. The van der Waals surface area contributed by atoms with Crippen molar-refractivity contribution in [3.05, 3.63) is 0 Å². The monoisotopic (exact) mass is 199 g/mol. The summed E-state index contributed by atoms with van der Waals surface area (Å²) >= 11 is 0. The van der Waals surface area contributed by atoms with Crippen molar-refractivity contribution >= 4 is 5.97 Å². The van der Waals surface area contributed by atoms with E-state index in [0.29, 0.717) is 12.3 Å². The summed E-state index contributed by atoms with van der Waals surface area (Å²) in [6.07, 6.45) is 4.87. The predicted octanol–water partition coefficient (Wildman–Crippen LogP) is 1.88. The average Bonchev–Trinajstić information content (AvgIpc) is 2.02. The number of hydrogen-bond acceptors (Lipinski definition) is 2. The van der Waals surface area contributed by atoms with Crippen molar-refractivity contribution in [3.63, 3.8) is 0 Å². The Morgan fingerprint density at radius 3 is 2.86 bits per heavy atom. The summed E-state index contributed by atoms with van der Waals surface area (Å²) in [6, 6.07) is 0. The first-order valence-electron chi connectivity index (χ1n) is 5.44. The van der Waals surface area contributed by atoms with Crippen LogP contribution in [0, 0.1) is 11.3 Å². The Kier molecular flexibility index (Phi) is 3.93. The van der Waals surface area contributed by atoms with Gasteiger partial charge in [-0.3, -0.25) is 4.79 Å². The Balaban J connectivity index is 2.64. The van der Waals surface area contributed by atoms with E-state index in [1.165, 1.54) is 12.8 Å². The molecule has 0 aromatic carbocycles. The van der Waals surface area contributed by atoms with Crippen LogP contribution < -0.4 is 5.32 Å². The topological polar surface area (TPSA) is 49.3 Å². The number of carbonyl (C=O) groups is 1. The van der Waals surface area contributed by atoms with Gasteiger partial charge in [0.05, 0.1) is 6.42 Å². The Hall–Kier alpha value is -0.570. The molecule has 0 bridgehead atoms. The average molecular weight is 199 g/mol. The Bertz CT molecular complexity index is 201. The maximum atomic E-state index is 10.8. The fraction of sp³-hybridized carbons (Fsp3) is 0.909. The maximum absolute atomic E-state index is 10.8. The molecule has 0 unspecified atom stereocenters. The van der Waals surface area contributed by atoms with E-state index in [0.717, 1.165) is 19.4 Å². The van der Waals surface area contributed by atoms with Crippen molar-refractivity contribution in [2.24, 2.45) is 11.3 Å². The largest absolute Gasteiger partial charge is 0.481 e. The number of nitrogens with one attached hydrogen (secondary N) is 1. The van der Waals surface area contributed by atoms with Gasteiger partial charge in [-0.2, -0.15) is 0 Å². The molecule has 14 heavy (non-hydrogen) atoms. The van der Waals surface area contributed by atoms with Crippen LogP contribution in [0.4, 0.5) is 0 Å². The second-order valence-corrected chi connectivity index (χ2v) is 4.80. The van der Waals surface area contributed by atoms with Crippen LogP contribution in [0.2, 0.25) is 0 Å². The van der Waals surface area contributed by atoms with Gasteiger partial charge in [0.15, 0.2) is 0 Å². The molecule has 1 fully saturated rings. The summed E-state index contributed by atoms with van der Waals surface area (Å²) in [5.41, 5.74) is 0.0122. The first kappa shape index (κ1) is 11.5. The van der Waals surface area contributed by atoms with E-state index in [4.69, 9.17) is 5.11 Å². The van der Waals surface area contributed by atoms with Crippen molar-refractivity contribution in [2.45, 2.75) is 39.0 Å². The Morgan fingerprint density at radius 1 is 1.64 bits per heavy atom. The minimum atomic E-state index is -0.658. The molecular formula is C11H21NO2. The summed E-state index contributed by atoms with van der Waals surface area (Å²) in [7, 11) is 1.91. The van der Waals surface area contributed by atoms with Crippen molar-refractivity contribution in [1.82, 2.24) is 5.32 Å². The molecule has 82 valence electrons. The second kappa shape index (κ2) is 4.78. The normalized spacial score (nSPS) is 32.9. The zero-order valence-corrected chi connectivity index (χ0v) is 9.18. The molecule has 0 spiro atoms. The van der Waals surface area contributed by atoms with E-state index in [1.807, 2.05) is 7.05 Å². The SMILES string of the molecule is CNC[C@]1(CC(=O)O)CCC[C@@H](C)C1. The highest BCUT2D eigenvalue weighted by Gasteiger charge is 2.36. The molecule has 3 nitrogen and oxygen atoms in total. The molecule has 0 radical (unpaired) electrons. The summed E-state index contributed by atoms with van der Waals surface area (Å²) in [6.45, 7) is 3.06. The first-order valence-corrected chi connectivity index (χ1v) is 5.44. The van der Waals surface area contributed by atoms with Crippen molar-refractivity contribution in [2.75, 3.05) is 13.6 Å². The molecular weight excluding hydrogens is 178 g/mol. The van der Waals surface area contributed by atoms with E-state index in [-0.39, 0.29) is 5.41 Å². The number of carboxylic acids is 1. The predicted molar refractivity (Wildman–Crippen MR) is 56.2 cm³/mol. The highest BCUT2D eigenvalue weighted by Crippen LogP contribution is 2.41. The van der Waals surface area contributed by atoms with Gasteiger partial charge in [0.2, 0.25) is 0 Å². The zero-order valence-electron chi connectivity index (χ0n) is 9.18. The third-order valence-corrected chi connectivity index (χ3v) is 3.26. The van der Waals surface area contributed by atoms with Crippen molar-refractivity contribution < 1.29 is 9.90 Å². The smallest absolute Gasteiger partial charge is 0.303 e. The summed E-state index contributed by atoms with van der Waals surface area (Å²) in [5, 5.41) is 12.1. The van der Waals surface area contributed by atoms with Crippen LogP contribution in [0.25, 0.3) is 0 Å². The van der Waals surface area contributed by atoms with E-state index >= 15 is 0 Å². The summed E-state index contributed by atoms with van der Waals surface area (Å²) in [5.74, 6) is 0.0193. The molecule has 1 rings (SSSR count). The lowest BCUT2D eigenvalue weighted by Gasteiger charge is -2.39. The van der Waals surface area contributed by atoms with Crippen LogP contribution in [0.3, 0.4) is 0 Å². The number of hydrogen-bond donors (Lipinski definition) is 2. The molecule has 0 aromatic rings. The molecule has 0 aliphatic heterocycles. The van der Waals surface area contributed by atoms with Gasteiger partial charge in [0, 0.05) is 6.54 Å². The molecule has 2 N–H and O–H groups in total. The lowest BCUT2D eigenvalue weighted by Crippen LogP contribution is -2.38. The zero-order chi connectivity index (χ0) is 10.6. The molecule has 0 amide bonds. The van der Waals surface area contributed by atoms with Crippen molar-refractivity contribution in [3.8, 4) is 0 Å². The number of aliphatic carboxylic acids is 1. The first-order chi connectivity index (χ1) is 6.58. The molecule has 1 saturated carbocycles. The van der Waals surface area contributed by atoms with Gasteiger partial charge in [0.1, 0.15) is 0 Å². The van der Waals surface area contributed by atoms with Crippen LogP contribution in [0.1, 0.15) is 39.0 Å². The highest BCUT2D eigenvalue weighted by molar-refractivity contribution is 5.67. The lowest BCUT2D eigenvalue weighted by molar-refractivity contribution is -0.140. The number of carboxylic acid groups (broad SMARTS) is 1. The standard InChI is InChI=1S/C11H21NO2/c1-9-4-3-5-11(6-9,8-12-2)7-10(13)14/h9,12H,3-8H2,1-2H3,(H,13,14)/t9-,11-/m1/s1. The minimum absolute atomic E-state index is 0.0122. The Morgan fingerprint density at radius 2 is 2.36 bits per heavy atom. The van der Waals surface area contributed by atoms with Crippen LogP contribution in [0.15, 0.2) is 0 Å². The maximum Gasteiger partial charge on any atom is 0.303 e. The van der Waals surface area contributed by atoms with Crippen LogP contribution in [-0.2, 0) is 4.79 Å². The molecule has 0 saturated heterocycles. The van der Waals surface area contributed by atoms with E-state index in [2.05, 4.69) is 12.2 Å². The van der Waals surface area contributed by atoms with Crippen LogP contribution >= 0.6 is 0 Å². The van der Waals surface area contributed by atoms with E-state index in [1.54, 1.807) is 0 Å². The lowest BCUT2D eigenvalue weighted by atomic mass is 9.68. The molecule has 0 aromatic heterocycles. The molecule has 1 aliphatic rings. The summed E-state index contributed by atoms with van der Waals surface area (Å²) in [4.78, 5) is 10.8. The fourth-order valence-electron chi connectivity index (χ4n) is 2.85. The second-order valence-electron chi connectivity index (χ2n) is 4.80. The fourth-order valence-corrected chi connectivity index (χ4v) is 2.85. The van der Waals surface area contributed by atoms with E-state index in [9.17, 15) is 4.79 Å². The molecule has 2 atom stereocenters. The molecule has 3 heteroatoms. The van der Waals surface area contributed by atoms with Crippen LogP contribution in [-0.4, -0.2) is 24.7 Å². The molecule has 0 heterocycles. The van der Waals surface area contributed by atoms with Gasteiger partial charge in [-0.1, -0.05) is 19.8 Å². The third-order valence-electron chi connectivity index (χ3n) is 3.26. The van der Waals surface area contributed by atoms with Crippen LogP contribution in [0.5, 0.6) is 0 Å². The Labute approximate surface area is 85.9 Å². The van der Waals surface area contributed by atoms with E-state index < -0.39 is 5.97 Å². The quantitative estimate of drug-likeness (QED) is 0.726. The van der Waals surface area contributed by atoms with Gasteiger partial charge in [-0.25, -0.2) is 0 Å². The van der Waals surface area contributed by atoms with Gasteiger partial charge < -0.3 is 10.4 Å². The van der Waals surface area contributed by atoms with Gasteiger partial charge >= 0.3 is 5.97 Å². The van der Waals surface area contributed by atoms with Gasteiger partial charge in [-0.15, -0.1) is 0 Å². The van der Waals surface area contributed by atoms with Gasteiger partial charge in [0.25, 0.3) is 0 Å². The third kappa shape index (κ3) is 2.98. The highest BCUT2D eigenvalue weighted by atomic mass is 16.4. The van der Waals surface area contributed by atoms with Crippen molar-refractivity contribution in [1.29, 1.82) is 0 Å². The summed E-state index contributed by atoms with van der Waals surface area (Å²) < 4.78 is 0.